The second-order valence-electron chi connectivity index (χ2n) is 2.91. The first kappa shape index (κ1) is 10.2. The fourth-order valence-corrected chi connectivity index (χ4v) is 1.07. The maximum absolute atomic E-state index is 11.3. The van der Waals surface area contributed by atoms with E-state index in [4.69, 9.17) is 0 Å². The maximum Gasteiger partial charge on any atom is 0.237 e. The van der Waals surface area contributed by atoms with Crippen molar-refractivity contribution in [2.24, 2.45) is 7.05 Å². The van der Waals surface area contributed by atoms with Gasteiger partial charge in [0, 0.05) is 13.2 Å². The largest absolute Gasteiger partial charge is 0.322 e. The molecule has 1 N–H and O–H groups in total. The van der Waals surface area contributed by atoms with Crippen LogP contribution in [0.1, 0.15) is 12.6 Å². The summed E-state index contributed by atoms with van der Waals surface area (Å²) in [7, 11) is 1.82. The van der Waals surface area contributed by atoms with Crippen molar-refractivity contribution >= 4 is 27.5 Å². The second kappa shape index (κ2) is 3.91. The zero-order valence-electron chi connectivity index (χ0n) is 7.84. The standard InChI is InChI=1S/C8H12BrN3O/c1-5(9)8(13)10-7-4-12(3)11-6(7)2/h4-5H,1-3H3,(H,10,13). The first-order valence-electron chi connectivity index (χ1n) is 3.96. The molecule has 13 heavy (non-hydrogen) atoms. The Bertz CT molecular complexity index is 319. The van der Waals surface area contributed by atoms with Gasteiger partial charge in [0.05, 0.1) is 16.2 Å². The summed E-state index contributed by atoms with van der Waals surface area (Å²) in [5.41, 5.74) is 1.59. The van der Waals surface area contributed by atoms with Crippen LogP contribution in [0.5, 0.6) is 0 Å². The molecule has 1 rings (SSSR count). The average Bonchev–Trinajstić information content (AvgIpc) is 2.30. The van der Waals surface area contributed by atoms with Crippen LogP contribution in [-0.2, 0) is 11.8 Å². The fourth-order valence-electron chi connectivity index (χ4n) is 0.954. The molecule has 0 aliphatic carbocycles. The zero-order valence-corrected chi connectivity index (χ0v) is 9.42. The van der Waals surface area contributed by atoms with E-state index in [9.17, 15) is 4.79 Å². The molecule has 72 valence electrons. The number of anilines is 1. The number of aromatic nitrogens is 2. The number of halogens is 1. The van der Waals surface area contributed by atoms with Gasteiger partial charge in [0.2, 0.25) is 5.91 Å². The molecule has 5 heteroatoms. The van der Waals surface area contributed by atoms with Crippen LogP contribution in [0, 0.1) is 6.92 Å². The molecule has 1 aromatic rings. The number of carbonyl (C=O) groups excluding carboxylic acids is 1. The van der Waals surface area contributed by atoms with Gasteiger partial charge in [-0.1, -0.05) is 15.9 Å². The molecule has 1 aromatic heterocycles. The van der Waals surface area contributed by atoms with Gasteiger partial charge < -0.3 is 5.32 Å². The van der Waals surface area contributed by atoms with Crippen molar-refractivity contribution in [2.75, 3.05) is 5.32 Å². The molecule has 1 heterocycles. The third-order valence-corrected chi connectivity index (χ3v) is 2.05. The first-order valence-corrected chi connectivity index (χ1v) is 4.87. The minimum absolute atomic E-state index is 0.0592. The predicted molar refractivity (Wildman–Crippen MR) is 55.0 cm³/mol. The van der Waals surface area contributed by atoms with Crippen molar-refractivity contribution in [1.82, 2.24) is 9.78 Å². The van der Waals surface area contributed by atoms with Crippen LogP contribution in [0.15, 0.2) is 6.20 Å². The van der Waals surface area contributed by atoms with Crippen molar-refractivity contribution in [3.8, 4) is 0 Å². The number of amides is 1. The molecule has 4 nitrogen and oxygen atoms in total. The number of hydrogen-bond acceptors (Lipinski definition) is 2. The molecular formula is C8H12BrN3O. The van der Waals surface area contributed by atoms with Gasteiger partial charge in [-0.15, -0.1) is 0 Å². The van der Waals surface area contributed by atoms with Gasteiger partial charge in [0.25, 0.3) is 0 Å². The lowest BCUT2D eigenvalue weighted by Crippen LogP contribution is -2.19. The zero-order chi connectivity index (χ0) is 10.0. The van der Waals surface area contributed by atoms with Crippen LogP contribution in [-0.4, -0.2) is 20.5 Å². The normalized spacial score (nSPS) is 12.6. The number of alkyl halides is 1. The number of hydrogen-bond donors (Lipinski definition) is 1. The second-order valence-corrected chi connectivity index (χ2v) is 4.28. The van der Waals surface area contributed by atoms with Crippen LogP contribution in [0.4, 0.5) is 5.69 Å². The highest BCUT2D eigenvalue weighted by Crippen LogP contribution is 2.12. The van der Waals surface area contributed by atoms with E-state index in [1.165, 1.54) is 0 Å². The summed E-state index contributed by atoms with van der Waals surface area (Å²) in [6.45, 7) is 3.63. The molecule has 0 saturated carbocycles. The average molecular weight is 246 g/mol. The van der Waals surface area contributed by atoms with Crippen LogP contribution < -0.4 is 5.32 Å². The Hall–Kier alpha value is -0.840. The topological polar surface area (TPSA) is 46.9 Å². The van der Waals surface area contributed by atoms with E-state index in [2.05, 4.69) is 26.3 Å². The Morgan fingerprint density at radius 2 is 2.38 bits per heavy atom. The van der Waals surface area contributed by atoms with E-state index >= 15 is 0 Å². The minimum Gasteiger partial charge on any atom is -0.322 e. The van der Waals surface area contributed by atoms with Crippen molar-refractivity contribution in [3.05, 3.63) is 11.9 Å². The van der Waals surface area contributed by atoms with Crippen molar-refractivity contribution in [3.63, 3.8) is 0 Å². The van der Waals surface area contributed by atoms with Crippen LogP contribution >= 0.6 is 15.9 Å². The monoisotopic (exact) mass is 245 g/mol. The van der Waals surface area contributed by atoms with Gasteiger partial charge in [-0.3, -0.25) is 9.48 Å². The lowest BCUT2D eigenvalue weighted by atomic mass is 10.3. The highest BCUT2D eigenvalue weighted by Gasteiger charge is 2.11. The van der Waals surface area contributed by atoms with Gasteiger partial charge in [0.1, 0.15) is 0 Å². The lowest BCUT2D eigenvalue weighted by molar-refractivity contribution is -0.115. The van der Waals surface area contributed by atoms with Gasteiger partial charge in [0.15, 0.2) is 0 Å². The van der Waals surface area contributed by atoms with Crippen LogP contribution in [0.2, 0.25) is 0 Å². The molecule has 0 saturated heterocycles. The van der Waals surface area contributed by atoms with Crippen LogP contribution in [0.3, 0.4) is 0 Å². The van der Waals surface area contributed by atoms with Crippen LogP contribution in [0.25, 0.3) is 0 Å². The summed E-state index contributed by atoms with van der Waals surface area (Å²) in [6, 6.07) is 0. The number of carbonyl (C=O) groups is 1. The van der Waals surface area contributed by atoms with Gasteiger partial charge >= 0.3 is 0 Å². The van der Waals surface area contributed by atoms with Gasteiger partial charge in [-0.05, 0) is 13.8 Å². The SMILES string of the molecule is Cc1nn(C)cc1NC(=O)C(C)Br. The lowest BCUT2D eigenvalue weighted by Gasteiger charge is -2.03. The molecule has 0 bridgehead atoms. The quantitative estimate of drug-likeness (QED) is 0.803. The van der Waals surface area contributed by atoms with E-state index in [1.807, 2.05) is 14.0 Å². The molecule has 0 aromatic carbocycles. The fraction of sp³-hybridized carbons (Fsp3) is 0.500. The summed E-state index contributed by atoms with van der Waals surface area (Å²) in [4.78, 5) is 11.1. The van der Waals surface area contributed by atoms with E-state index in [0.717, 1.165) is 11.4 Å². The number of nitrogens with zero attached hydrogens (tertiary/aromatic N) is 2. The third kappa shape index (κ3) is 2.55. The molecule has 1 unspecified atom stereocenters. The molecular weight excluding hydrogens is 234 g/mol. The molecule has 0 radical (unpaired) electrons. The molecule has 0 aliphatic rings. The third-order valence-electron chi connectivity index (χ3n) is 1.63. The molecule has 0 fully saturated rings. The van der Waals surface area contributed by atoms with Crippen molar-refractivity contribution < 1.29 is 4.79 Å². The van der Waals surface area contributed by atoms with E-state index in [0.29, 0.717) is 0 Å². The number of aryl methyl sites for hydroxylation is 2. The van der Waals surface area contributed by atoms with E-state index < -0.39 is 0 Å². The summed E-state index contributed by atoms with van der Waals surface area (Å²) in [5.74, 6) is -0.0592. The smallest absolute Gasteiger partial charge is 0.237 e. The van der Waals surface area contributed by atoms with E-state index in [-0.39, 0.29) is 10.7 Å². The Kier molecular flexibility index (Phi) is 3.08. The van der Waals surface area contributed by atoms with Crippen molar-refractivity contribution in [1.29, 1.82) is 0 Å². The minimum atomic E-state index is -0.188. The highest BCUT2D eigenvalue weighted by molar-refractivity contribution is 9.10. The maximum atomic E-state index is 11.3. The molecule has 0 aliphatic heterocycles. The van der Waals surface area contributed by atoms with E-state index in [1.54, 1.807) is 17.8 Å². The number of nitrogens with one attached hydrogen (secondary N) is 1. The summed E-state index contributed by atoms with van der Waals surface area (Å²) >= 11 is 3.19. The summed E-state index contributed by atoms with van der Waals surface area (Å²) in [5, 5.41) is 6.87. The summed E-state index contributed by atoms with van der Waals surface area (Å²) < 4.78 is 1.67. The van der Waals surface area contributed by atoms with Gasteiger partial charge in [-0.2, -0.15) is 5.10 Å². The Labute approximate surface area is 85.4 Å². The molecule has 0 spiro atoms. The predicted octanol–water partition coefficient (Wildman–Crippen LogP) is 1.45. The summed E-state index contributed by atoms with van der Waals surface area (Å²) in [6.07, 6.45) is 1.78. The first-order chi connectivity index (χ1) is 6.00. The van der Waals surface area contributed by atoms with Crippen molar-refractivity contribution in [2.45, 2.75) is 18.7 Å². The Morgan fingerprint density at radius 1 is 1.77 bits per heavy atom. The molecule has 1 atom stereocenters. The Morgan fingerprint density at radius 3 is 2.77 bits per heavy atom. The Balaban J connectivity index is 2.74. The number of rotatable bonds is 2. The van der Waals surface area contributed by atoms with Gasteiger partial charge in [-0.25, -0.2) is 0 Å². The highest BCUT2D eigenvalue weighted by atomic mass is 79.9. The molecule has 1 amide bonds.